The molecule has 0 atom stereocenters. The predicted molar refractivity (Wildman–Crippen MR) is 101 cm³/mol. The Labute approximate surface area is 153 Å². The van der Waals surface area contributed by atoms with Gasteiger partial charge in [-0.05, 0) is 68.3 Å². The number of hydrogen-bond donors (Lipinski definition) is 2. The summed E-state index contributed by atoms with van der Waals surface area (Å²) in [5.41, 5.74) is 3.01. The summed E-state index contributed by atoms with van der Waals surface area (Å²) in [7, 11) is -3.65. The molecule has 0 heterocycles. The van der Waals surface area contributed by atoms with E-state index in [0.29, 0.717) is 11.3 Å². The van der Waals surface area contributed by atoms with E-state index in [1.54, 1.807) is 42.5 Å². The molecule has 138 valence electrons. The van der Waals surface area contributed by atoms with E-state index in [1.165, 1.54) is 6.92 Å². The predicted octanol–water partition coefficient (Wildman–Crippen LogP) is 2.81. The number of carbonyl (C=O) groups excluding carboxylic acids is 2. The van der Waals surface area contributed by atoms with Crippen LogP contribution in [0.3, 0.4) is 0 Å². The molecule has 0 bridgehead atoms. The highest BCUT2D eigenvalue weighted by Crippen LogP contribution is 2.14. The largest absolute Gasteiger partial charge is 0.326 e. The Morgan fingerprint density at radius 1 is 0.962 bits per heavy atom. The van der Waals surface area contributed by atoms with Gasteiger partial charge < -0.3 is 5.32 Å². The van der Waals surface area contributed by atoms with Crippen molar-refractivity contribution < 1.29 is 18.0 Å². The van der Waals surface area contributed by atoms with Crippen molar-refractivity contribution in [3.05, 3.63) is 59.2 Å². The zero-order valence-corrected chi connectivity index (χ0v) is 15.8. The van der Waals surface area contributed by atoms with Crippen LogP contribution in [0.4, 0.5) is 5.69 Å². The first-order valence-electron chi connectivity index (χ1n) is 8.17. The molecule has 0 aromatic heterocycles. The minimum atomic E-state index is -3.65. The summed E-state index contributed by atoms with van der Waals surface area (Å²) in [4.78, 5) is 23.3. The first-order chi connectivity index (χ1) is 12.2. The molecule has 2 rings (SSSR count). The highest BCUT2D eigenvalue weighted by Gasteiger charge is 2.15. The third-order valence-corrected chi connectivity index (χ3v) is 5.47. The van der Waals surface area contributed by atoms with Gasteiger partial charge in [0, 0.05) is 24.2 Å². The monoisotopic (exact) mass is 374 g/mol. The average molecular weight is 374 g/mol. The van der Waals surface area contributed by atoms with Gasteiger partial charge in [0.1, 0.15) is 0 Å². The van der Waals surface area contributed by atoms with Crippen molar-refractivity contribution in [1.82, 2.24) is 4.72 Å². The fourth-order valence-corrected chi connectivity index (χ4v) is 3.39. The van der Waals surface area contributed by atoms with E-state index in [9.17, 15) is 18.0 Å². The highest BCUT2D eigenvalue weighted by molar-refractivity contribution is 7.89. The Bertz CT molecular complexity index is 919. The number of aryl methyl sites for hydroxylation is 2. The van der Waals surface area contributed by atoms with Crippen LogP contribution >= 0.6 is 0 Å². The highest BCUT2D eigenvalue weighted by atomic mass is 32.2. The van der Waals surface area contributed by atoms with Gasteiger partial charge in [-0.25, -0.2) is 13.1 Å². The van der Waals surface area contributed by atoms with Gasteiger partial charge in [0.2, 0.25) is 15.9 Å². The minimum Gasteiger partial charge on any atom is -0.326 e. The molecule has 6 nitrogen and oxygen atoms in total. The third-order valence-electron chi connectivity index (χ3n) is 4.01. The van der Waals surface area contributed by atoms with E-state index < -0.39 is 10.0 Å². The van der Waals surface area contributed by atoms with Crippen molar-refractivity contribution in [2.24, 2.45) is 0 Å². The SMILES string of the molecule is CC(=O)c1ccc(NC(=O)CCNS(=O)(=O)c2ccc(C)c(C)c2)cc1. The molecule has 1 amide bonds. The van der Waals surface area contributed by atoms with E-state index >= 15 is 0 Å². The quantitative estimate of drug-likeness (QED) is 0.729. The van der Waals surface area contributed by atoms with Crippen LogP contribution in [0.15, 0.2) is 47.4 Å². The summed E-state index contributed by atoms with van der Waals surface area (Å²) in [6.07, 6.45) is -0.00146. The first kappa shape index (κ1) is 19.8. The second-order valence-corrected chi connectivity index (χ2v) is 7.84. The molecule has 0 saturated carbocycles. The zero-order valence-electron chi connectivity index (χ0n) is 15.0. The van der Waals surface area contributed by atoms with Crippen LogP contribution < -0.4 is 10.0 Å². The maximum atomic E-state index is 12.3. The van der Waals surface area contributed by atoms with Crippen molar-refractivity contribution in [2.45, 2.75) is 32.1 Å². The van der Waals surface area contributed by atoms with Gasteiger partial charge in [-0.3, -0.25) is 9.59 Å². The van der Waals surface area contributed by atoms with Gasteiger partial charge in [0.15, 0.2) is 5.78 Å². The normalized spacial score (nSPS) is 11.2. The molecular weight excluding hydrogens is 352 g/mol. The summed E-state index contributed by atoms with van der Waals surface area (Å²) in [6.45, 7) is 5.22. The fourth-order valence-electron chi connectivity index (χ4n) is 2.28. The van der Waals surface area contributed by atoms with Crippen LogP contribution in [0, 0.1) is 13.8 Å². The summed E-state index contributed by atoms with van der Waals surface area (Å²) in [5, 5.41) is 2.67. The fraction of sp³-hybridized carbons (Fsp3) is 0.263. The maximum absolute atomic E-state index is 12.3. The number of ketones is 1. The van der Waals surface area contributed by atoms with E-state index in [2.05, 4.69) is 10.0 Å². The van der Waals surface area contributed by atoms with Gasteiger partial charge in [0.25, 0.3) is 0 Å². The lowest BCUT2D eigenvalue weighted by molar-refractivity contribution is -0.116. The van der Waals surface area contributed by atoms with Crippen LogP contribution in [0.1, 0.15) is 34.8 Å². The molecular formula is C19H22N2O4S. The Morgan fingerprint density at radius 3 is 2.19 bits per heavy atom. The van der Waals surface area contributed by atoms with Gasteiger partial charge in [-0.2, -0.15) is 0 Å². The molecule has 0 aliphatic carbocycles. The molecule has 0 unspecified atom stereocenters. The minimum absolute atomic E-state index is 0.00146. The summed E-state index contributed by atoms with van der Waals surface area (Å²) in [6, 6.07) is 11.4. The van der Waals surface area contributed by atoms with Gasteiger partial charge >= 0.3 is 0 Å². The first-order valence-corrected chi connectivity index (χ1v) is 9.65. The number of sulfonamides is 1. The number of benzene rings is 2. The summed E-state index contributed by atoms with van der Waals surface area (Å²) >= 11 is 0. The lowest BCUT2D eigenvalue weighted by Gasteiger charge is -2.09. The topological polar surface area (TPSA) is 92.3 Å². The maximum Gasteiger partial charge on any atom is 0.240 e. The smallest absolute Gasteiger partial charge is 0.240 e. The summed E-state index contributed by atoms with van der Waals surface area (Å²) < 4.78 is 27.0. The lowest BCUT2D eigenvalue weighted by Crippen LogP contribution is -2.28. The number of anilines is 1. The molecule has 0 aliphatic heterocycles. The Balaban J connectivity index is 1.88. The van der Waals surface area contributed by atoms with E-state index in [-0.39, 0.29) is 29.6 Å². The lowest BCUT2D eigenvalue weighted by atomic mass is 10.1. The molecule has 0 aliphatic rings. The van der Waals surface area contributed by atoms with Crippen LogP contribution in [0.2, 0.25) is 0 Å². The number of carbonyl (C=O) groups is 2. The second-order valence-electron chi connectivity index (χ2n) is 6.08. The number of hydrogen-bond acceptors (Lipinski definition) is 4. The molecule has 0 saturated heterocycles. The Hall–Kier alpha value is -2.51. The van der Waals surface area contributed by atoms with Gasteiger partial charge in [0.05, 0.1) is 4.90 Å². The zero-order chi connectivity index (χ0) is 19.3. The van der Waals surface area contributed by atoms with Crippen molar-refractivity contribution in [3.8, 4) is 0 Å². The van der Waals surface area contributed by atoms with Crippen molar-refractivity contribution >= 4 is 27.4 Å². The van der Waals surface area contributed by atoms with Crippen LogP contribution in [-0.4, -0.2) is 26.7 Å². The molecule has 0 radical (unpaired) electrons. The van der Waals surface area contributed by atoms with E-state index in [4.69, 9.17) is 0 Å². The second kappa shape index (κ2) is 8.25. The van der Waals surface area contributed by atoms with Crippen LogP contribution in [-0.2, 0) is 14.8 Å². The van der Waals surface area contributed by atoms with Gasteiger partial charge in [-0.1, -0.05) is 6.07 Å². The Morgan fingerprint density at radius 2 is 1.62 bits per heavy atom. The molecule has 2 N–H and O–H groups in total. The van der Waals surface area contributed by atoms with Crippen molar-refractivity contribution in [2.75, 3.05) is 11.9 Å². The number of amides is 1. The molecule has 2 aromatic carbocycles. The molecule has 7 heteroatoms. The number of Topliss-reactive ketones (excluding diaryl/α,β-unsaturated/α-hetero) is 1. The molecule has 0 spiro atoms. The molecule has 0 fully saturated rings. The standard InChI is InChI=1S/C19H22N2O4S/c1-13-4-9-18(12-14(13)2)26(24,25)20-11-10-19(23)21-17-7-5-16(6-8-17)15(3)22/h4-9,12,20H,10-11H2,1-3H3,(H,21,23). The number of nitrogens with one attached hydrogen (secondary N) is 2. The van der Waals surface area contributed by atoms with Crippen molar-refractivity contribution in [1.29, 1.82) is 0 Å². The van der Waals surface area contributed by atoms with Crippen LogP contribution in [0.5, 0.6) is 0 Å². The van der Waals surface area contributed by atoms with Crippen molar-refractivity contribution in [3.63, 3.8) is 0 Å². The van der Waals surface area contributed by atoms with Crippen LogP contribution in [0.25, 0.3) is 0 Å². The number of rotatable bonds is 7. The third kappa shape index (κ3) is 5.24. The van der Waals surface area contributed by atoms with Gasteiger partial charge in [-0.15, -0.1) is 0 Å². The molecule has 2 aromatic rings. The van der Waals surface area contributed by atoms with E-state index in [1.807, 2.05) is 13.8 Å². The van der Waals surface area contributed by atoms with E-state index in [0.717, 1.165) is 11.1 Å². The Kier molecular flexibility index (Phi) is 6.28. The average Bonchev–Trinajstić information content (AvgIpc) is 2.57. The molecule has 26 heavy (non-hydrogen) atoms. The summed E-state index contributed by atoms with van der Waals surface area (Å²) in [5.74, 6) is -0.369.